The Balaban J connectivity index is 2.04. The Bertz CT molecular complexity index is 471. The summed E-state index contributed by atoms with van der Waals surface area (Å²) in [6.07, 6.45) is 0.114. The molecule has 7 heteroatoms. The molecule has 1 aliphatic heterocycles. The zero-order valence-electron chi connectivity index (χ0n) is 9.38. The lowest BCUT2D eigenvalue weighted by Crippen LogP contribution is -2.38. The van der Waals surface area contributed by atoms with Crippen LogP contribution < -0.4 is 10.6 Å². The summed E-state index contributed by atoms with van der Waals surface area (Å²) in [6.45, 7) is 0.265. The van der Waals surface area contributed by atoms with E-state index in [9.17, 15) is 14.4 Å². The zero-order valence-corrected chi connectivity index (χ0v) is 10.2. The molecule has 6 nitrogen and oxygen atoms in total. The first-order valence-corrected chi connectivity index (χ1v) is 6.29. The fraction of sp³-hybridized carbons (Fsp3) is 0.364. The lowest BCUT2D eigenvalue weighted by molar-refractivity contribution is -0.142. The van der Waals surface area contributed by atoms with Crippen molar-refractivity contribution < 1.29 is 19.5 Å². The van der Waals surface area contributed by atoms with Crippen LogP contribution in [0.1, 0.15) is 17.3 Å². The molecule has 2 atom stereocenters. The van der Waals surface area contributed by atoms with Crippen LogP contribution in [0.4, 0.5) is 0 Å². The van der Waals surface area contributed by atoms with Crippen LogP contribution in [0.2, 0.25) is 0 Å². The van der Waals surface area contributed by atoms with Gasteiger partial charge in [-0.2, -0.15) is 0 Å². The van der Waals surface area contributed by atoms with Crippen molar-refractivity contribution in [3.05, 3.63) is 22.4 Å². The maximum Gasteiger partial charge on any atom is 0.331 e. The van der Waals surface area contributed by atoms with Crippen LogP contribution in [0.5, 0.6) is 0 Å². The van der Waals surface area contributed by atoms with Crippen LogP contribution in [-0.4, -0.2) is 29.4 Å². The molecule has 0 aliphatic carbocycles. The van der Waals surface area contributed by atoms with Gasteiger partial charge >= 0.3 is 5.97 Å². The third-order valence-corrected chi connectivity index (χ3v) is 3.65. The summed E-state index contributed by atoms with van der Waals surface area (Å²) in [5.74, 6) is -2.19. The van der Waals surface area contributed by atoms with Gasteiger partial charge in [0.25, 0.3) is 0 Å². The van der Waals surface area contributed by atoms with Crippen molar-refractivity contribution in [2.24, 2.45) is 5.92 Å². The molecule has 0 aromatic carbocycles. The Hall–Kier alpha value is -1.89. The van der Waals surface area contributed by atoms with Crippen molar-refractivity contribution in [2.75, 3.05) is 6.54 Å². The SMILES string of the molecule is O=C1CC(C(=O)NC(C(=O)O)c2cccs2)CN1. The highest BCUT2D eigenvalue weighted by Crippen LogP contribution is 2.20. The number of carboxylic acid groups (broad SMARTS) is 1. The minimum absolute atomic E-state index is 0.114. The van der Waals surface area contributed by atoms with E-state index in [0.29, 0.717) is 4.88 Å². The summed E-state index contributed by atoms with van der Waals surface area (Å²) in [6, 6.07) is 2.33. The lowest BCUT2D eigenvalue weighted by atomic mass is 10.1. The van der Waals surface area contributed by atoms with Crippen molar-refractivity contribution in [1.29, 1.82) is 0 Å². The quantitative estimate of drug-likeness (QED) is 0.723. The van der Waals surface area contributed by atoms with Gasteiger partial charge in [-0.3, -0.25) is 9.59 Å². The number of hydrogen-bond acceptors (Lipinski definition) is 4. The van der Waals surface area contributed by atoms with E-state index in [1.165, 1.54) is 11.3 Å². The predicted molar refractivity (Wildman–Crippen MR) is 64.0 cm³/mol. The normalized spacial score (nSPS) is 20.2. The van der Waals surface area contributed by atoms with Crippen LogP contribution in [0.3, 0.4) is 0 Å². The predicted octanol–water partition coefficient (Wildman–Crippen LogP) is 0.126. The topological polar surface area (TPSA) is 95.5 Å². The first kappa shape index (κ1) is 12.6. The van der Waals surface area contributed by atoms with Gasteiger partial charge in [0, 0.05) is 17.8 Å². The Kier molecular flexibility index (Phi) is 3.61. The number of carboxylic acids is 1. The van der Waals surface area contributed by atoms with E-state index in [4.69, 9.17) is 5.11 Å². The molecule has 2 rings (SSSR count). The van der Waals surface area contributed by atoms with Crippen molar-refractivity contribution in [3.63, 3.8) is 0 Å². The summed E-state index contributed by atoms with van der Waals surface area (Å²) in [7, 11) is 0. The molecule has 0 saturated carbocycles. The molecule has 2 unspecified atom stereocenters. The minimum Gasteiger partial charge on any atom is -0.479 e. The number of amides is 2. The van der Waals surface area contributed by atoms with E-state index >= 15 is 0 Å². The van der Waals surface area contributed by atoms with Gasteiger partial charge in [0.1, 0.15) is 0 Å². The van der Waals surface area contributed by atoms with E-state index in [0.717, 1.165) is 0 Å². The molecule has 3 N–H and O–H groups in total. The molecule has 0 radical (unpaired) electrons. The monoisotopic (exact) mass is 268 g/mol. The minimum atomic E-state index is -1.11. The molecular weight excluding hydrogens is 256 g/mol. The van der Waals surface area contributed by atoms with Crippen LogP contribution in [0.15, 0.2) is 17.5 Å². The lowest BCUT2D eigenvalue weighted by Gasteiger charge is -2.15. The van der Waals surface area contributed by atoms with Gasteiger partial charge in [-0.05, 0) is 11.4 Å². The zero-order chi connectivity index (χ0) is 13.1. The molecule has 2 heterocycles. The van der Waals surface area contributed by atoms with Crippen molar-refractivity contribution in [3.8, 4) is 0 Å². The second-order valence-electron chi connectivity index (χ2n) is 4.00. The summed E-state index contributed by atoms with van der Waals surface area (Å²) < 4.78 is 0. The number of hydrogen-bond donors (Lipinski definition) is 3. The van der Waals surface area contributed by atoms with Gasteiger partial charge in [-0.15, -0.1) is 11.3 Å². The first-order valence-electron chi connectivity index (χ1n) is 5.41. The van der Waals surface area contributed by atoms with Crippen LogP contribution >= 0.6 is 11.3 Å². The van der Waals surface area contributed by atoms with E-state index < -0.39 is 23.8 Å². The highest BCUT2D eigenvalue weighted by Gasteiger charge is 2.31. The van der Waals surface area contributed by atoms with Crippen LogP contribution in [0.25, 0.3) is 0 Å². The Morgan fingerprint density at radius 2 is 2.33 bits per heavy atom. The van der Waals surface area contributed by atoms with Crippen LogP contribution in [0, 0.1) is 5.92 Å². The number of carbonyl (C=O) groups is 3. The molecule has 96 valence electrons. The molecule has 0 bridgehead atoms. The highest BCUT2D eigenvalue weighted by molar-refractivity contribution is 7.10. The van der Waals surface area contributed by atoms with E-state index in [1.807, 2.05) is 0 Å². The molecule has 18 heavy (non-hydrogen) atoms. The fourth-order valence-corrected chi connectivity index (χ4v) is 2.53. The smallest absolute Gasteiger partial charge is 0.331 e. The number of carbonyl (C=O) groups excluding carboxylic acids is 2. The van der Waals surface area contributed by atoms with Gasteiger partial charge < -0.3 is 15.7 Å². The van der Waals surface area contributed by atoms with Crippen molar-refractivity contribution in [1.82, 2.24) is 10.6 Å². The number of rotatable bonds is 4. The summed E-state index contributed by atoms with van der Waals surface area (Å²) >= 11 is 1.27. The van der Waals surface area contributed by atoms with E-state index in [1.54, 1.807) is 17.5 Å². The molecule has 2 amide bonds. The molecule has 1 fully saturated rings. The molecule has 1 saturated heterocycles. The molecule has 1 aromatic heterocycles. The standard InChI is InChI=1S/C11H12N2O4S/c14-8-4-6(5-12-8)10(15)13-9(11(16)17)7-2-1-3-18-7/h1-3,6,9H,4-5H2,(H,12,14)(H,13,15)(H,16,17). The van der Waals surface area contributed by atoms with Gasteiger partial charge in [-0.25, -0.2) is 4.79 Å². The average Bonchev–Trinajstić information content (AvgIpc) is 2.95. The Morgan fingerprint density at radius 3 is 2.83 bits per heavy atom. The Labute approximate surface area is 107 Å². The van der Waals surface area contributed by atoms with Crippen LogP contribution in [-0.2, 0) is 14.4 Å². The van der Waals surface area contributed by atoms with Crippen molar-refractivity contribution in [2.45, 2.75) is 12.5 Å². The summed E-state index contributed by atoms with van der Waals surface area (Å²) in [5.41, 5.74) is 0. The Morgan fingerprint density at radius 1 is 1.56 bits per heavy atom. The van der Waals surface area contributed by atoms with Crippen molar-refractivity contribution >= 4 is 29.1 Å². The number of thiophene rings is 1. The third-order valence-electron chi connectivity index (χ3n) is 2.71. The largest absolute Gasteiger partial charge is 0.479 e. The van der Waals surface area contributed by atoms with Gasteiger partial charge in [0.15, 0.2) is 6.04 Å². The molecular formula is C11H12N2O4S. The van der Waals surface area contributed by atoms with E-state index in [-0.39, 0.29) is 18.9 Å². The maximum absolute atomic E-state index is 11.8. The van der Waals surface area contributed by atoms with Gasteiger partial charge in [0.05, 0.1) is 5.92 Å². The second kappa shape index (κ2) is 5.18. The maximum atomic E-state index is 11.8. The first-order chi connectivity index (χ1) is 8.58. The summed E-state index contributed by atoms with van der Waals surface area (Å²) in [5, 5.41) is 15.9. The number of nitrogens with one attached hydrogen (secondary N) is 2. The summed E-state index contributed by atoms with van der Waals surface area (Å²) in [4.78, 5) is 34.5. The van der Waals surface area contributed by atoms with Gasteiger partial charge in [0.2, 0.25) is 11.8 Å². The fourth-order valence-electron chi connectivity index (χ4n) is 1.76. The average molecular weight is 268 g/mol. The highest BCUT2D eigenvalue weighted by atomic mass is 32.1. The van der Waals surface area contributed by atoms with Gasteiger partial charge in [-0.1, -0.05) is 6.07 Å². The molecule has 0 spiro atoms. The second-order valence-corrected chi connectivity index (χ2v) is 4.98. The molecule has 1 aromatic rings. The molecule has 1 aliphatic rings. The third kappa shape index (κ3) is 2.67. The number of aliphatic carboxylic acids is 1. The van der Waals surface area contributed by atoms with E-state index in [2.05, 4.69) is 10.6 Å².